The Kier molecular flexibility index (Phi) is 3.31. The van der Waals surface area contributed by atoms with Gasteiger partial charge in [0.05, 0.1) is 6.04 Å². The summed E-state index contributed by atoms with van der Waals surface area (Å²) in [4.78, 5) is 11.9. The summed E-state index contributed by atoms with van der Waals surface area (Å²) in [6, 6.07) is 5.76. The fourth-order valence-electron chi connectivity index (χ4n) is 1.37. The topological polar surface area (TPSA) is 50.7 Å². The lowest BCUT2D eigenvalue weighted by molar-refractivity contribution is 0.868. The first-order valence-electron chi connectivity index (χ1n) is 4.90. The number of hydrogen-bond acceptors (Lipinski definition) is 4. The molecule has 0 bridgehead atoms. The van der Waals surface area contributed by atoms with Crippen molar-refractivity contribution in [1.29, 1.82) is 0 Å². The van der Waals surface area contributed by atoms with E-state index in [0.717, 1.165) is 5.56 Å². The van der Waals surface area contributed by atoms with E-state index in [1.165, 1.54) is 6.33 Å². The first-order valence-corrected chi connectivity index (χ1v) is 5.27. The first kappa shape index (κ1) is 10.8. The van der Waals surface area contributed by atoms with Crippen molar-refractivity contribution >= 4 is 17.4 Å². The Morgan fingerprint density at radius 1 is 1.25 bits per heavy atom. The van der Waals surface area contributed by atoms with E-state index in [2.05, 4.69) is 20.3 Å². The van der Waals surface area contributed by atoms with Crippen LogP contribution in [0.2, 0.25) is 5.15 Å². The van der Waals surface area contributed by atoms with Crippen LogP contribution in [0.15, 0.2) is 36.9 Å². The van der Waals surface area contributed by atoms with Gasteiger partial charge >= 0.3 is 0 Å². The fourth-order valence-corrected chi connectivity index (χ4v) is 1.52. The smallest absolute Gasteiger partial charge is 0.134 e. The molecule has 0 spiro atoms. The third-order valence-electron chi connectivity index (χ3n) is 2.20. The quantitative estimate of drug-likeness (QED) is 0.830. The average molecular weight is 235 g/mol. The molecule has 0 aliphatic heterocycles. The Bertz CT molecular complexity index is 461. The molecule has 0 saturated carbocycles. The Hall–Kier alpha value is -1.68. The highest BCUT2D eigenvalue weighted by atomic mass is 35.5. The maximum Gasteiger partial charge on any atom is 0.134 e. The van der Waals surface area contributed by atoms with E-state index >= 15 is 0 Å². The number of aromatic nitrogens is 3. The van der Waals surface area contributed by atoms with Crippen molar-refractivity contribution in [1.82, 2.24) is 15.0 Å². The predicted molar refractivity (Wildman–Crippen MR) is 63.3 cm³/mol. The molecular weight excluding hydrogens is 224 g/mol. The Morgan fingerprint density at radius 2 is 2.00 bits per heavy atom. The second-order valence-corrected chi connectivity index (χ2v) is 3.76. The highest BCUT2D eigenvalue weighted by Gasteiger charge is 2.05. The van der Waals surface area contributed by atoms with E-state index in [1.54, 1.807) is 18.5 Å². The van der Waals surface area contributed by atoms with Crippen LogP contribution in [0.25, 0.3) is 0 Å². The first-order chi connectivity index (χ1) is 7.75. The fraction of sp³-hybridized carbons (Fsp3) is 0.182. The zero-order chi connectivity index (χ0) is 11.4. The zero-order valence-corrected chi connectivity index (χ0v) is 9.52. The van der Waals surface area contributed by atoms with Crippen LogP contribution in [-0.2, 0) is 0 Å². The third-order valence-corrected chi connectivity index (χ3v) is 2.41. The summed E-state index contributed by atoms with van der Waals surface area (Å²) in [6.07, 6.45) is 4.96. The number of hydrogen-bond donors (Lipinski definition) is 1. The second kappa shape index (κ2) is 4.90. The molecule has 1 unspecified atom stereocenters. The van der Waals surface area contributed by atoms with Crippen LogP contribution in [0, 0.1) is 0 Å². The standard InChI is InChI=1S/C11H11ClN4/c1-8(9-2-4-13-5-3-9)16-11-6-10(12)14-7-15-11/h2-8H,1H3,(H,14,15,16). The highest BCUT2D eigenvalue weighted by molar-refractivity contribution is 6.29. The summed E-state index contributed by atoms with van der Waals surface area (Å²) < 4.78 is 0. The zero-order valence-electron chi connectivity index (χ0n) is 8.76. The normalized spacial score (nSPS) is 12.1. The lowest BCUT2D eigenvalue weighted by atomic mass is 10.1. The van der Waals surface area contributed by atoms with Gasteiger partial charge in [-0.25, -0.2) is 9.97 Å². The monoisotopic (exact) mass is 234 g/mol. The van der Waals surface area contributed by atoms with Crippen molar-refractivity contribution < 1.29 is 0 Å². The maximum atomic E-state index is 5.77. The predicted octanol–water partition coefficient (Wildman–Crippen LogP) is 2.70. The van der Waals surface area contributed by atoms with Gasteiger partial charge in [0.15, 0.2) is 0 Å². The molecule has 0 fully saturated rings. The van der Waals surface area contributed by atoms with Crippen molar-refractivity contribution in [2.75, 3.05) is 5.32 Å². The molecule has 82 valence electrons. The molecule has 0 aromatic carbocycles. The highest BCUT2D eigenvalue weighted by Crippen LogP contribution is 2.17. The SMILES string of the molecule is CC(Nc1cc(Cl)ncn1)c1ccncc1. The number of halogens is 1. The Labute approximate surface area is 98.7 Å². The van der Waals surface area contributed by atoms with Gasteiger partial charge in [-0.2, -0.15) is 0 Å². The van der Waals surface area contributed by atoms with E-state index in [4.69, 9.17) is 11.6 Å². The third kappa shape index (κ3) is 2.67. The van der Waals surface area contributed by atoms with Crippen LogP contribution < -0.4 is 5.32 Å². The van der Waals surface area contributed by atoms with Crippen LogP contribution in [-0.4, -0.2) is 15.0 Å². The molecule has 5 heteroatoms. The molecule has 1 atom stereocenters. The minimum atomic E-state index is 0.147. The maximum absolute atomic E-state index is 5.77. The number of rotatable bonds is 3. The van der Waals surface area contributed by atoms with Crippen molar-refractivity contribution in [3.63, 3.8) is 0 Å². The number of anilines is 1. The lowest BCUT2D eigenvalue weighted by Crippen LogP contribution is -2.07. The molecule has 0 radical (unpaired) electrons. The minimum absolute atomic E-state index is 0.147. The van der Waals surface area contributed by atoms with Gasteiger partial charge in [-0.15, -0.1) is 0 Å². The van der Waals surface area contributed by atoms with E-state index in [9.17, 15) is 0 Å². The lowest BCUT2D eigenvalue weighted by Gasteiger charge is -2.14. The van der Waals surface area contributed by atoms with E-state index in [0.29, 0.717) is 11.0 Å². The van der Waals surface area contributed by atoms with Gasteiger partial charge in [-0.3, -0.25) is 4.98 Å². The molecule has 2 aromatic rings. The summed E-state index contributed by atoms with van der Waals surface area (Å²) in [5.74, 6) is 0.712. The Morgan fingerprint density at radius 3 is 2.69 bits per heavy atom. The number of nitrogens with zero attached hydrogens (tertiary/aromatic N) is 3. The summed E-state index contributed by atoms with van der Waals surface area (Å²) in [7, 11) is 0. The van der Waals surface area contributed by atoms with E-state index in [1.807, 2.05) is 19.1 Å². The van der Waals surface area contributed by atoms with Crippen LogP contribution in [0.3, 0.4) is 0 Å². The summed E-state index contributed by atoms with van der Waals surface area (Å²) in [5, 5.41) is 3.67. The van der Waals surface area contributed by atoms with Crippen LogP contribution in [0.5, 0.6) is 0 Å². The van der Waals surface area contributed by atoms with E-state index < -0.39 is 0 Å². The number of pyridine rings is 1. The second-order valence-electron chi connectivity index (χ2n) is 3.37. The summed E-state index contributed by atoms with van der Waals surface area (Å²) >= 11 is 5.77. The van der Waals surface area contributed by atoms with Crippen LogP contribution in [0.1, 0.15) is 18.5 Å². The summed E-state index contributed by atoms with van der Waals surface area (Å²) in [6.45, 7) is 2.05. The van der Waals surface area contributed by atoms with Crippen LogP contribution in [0.4, 0.5) is 5.82 Å². The van der Waals surface area contributed by atoms with Crippen LogP contribution >= 0.6 is 11.6 Å². The van der Waals surface area contributed by atoms with Crippen molar-refractivity contribution in [2.24, 2.45) is 0 Å². The molecule has 0 aliphatic rings. The van der Waals surface area contributed by atoms with Gasteiger partial charge in [0.2, 0.25) is 0 Å². The molecule has 0 saturated heterocycles. The summed E-state index contributed by atoms with van der Waals surface area (Å²) in [5.41, 5.74) is 1.14. The molecule has 4 nitrogen and oxygen atoms in total. The van der Waals surface area contributed by atoms with Crippen molar-refractivity contribution in [3.05, 3.63) is 47.6 Å². The van der Waals surface area contributed by atoms with Gasteiger partial charge < -0.3 is 5.32 Å². The van der Waals surface area contributed by atoms with Gasteiger partial charge in [0, 0.05) is 18.5 Å². The van der Waals surface area contributed by atoms with Gasteiger partial charge in [0.25, 0.3) is 0 Å². The molecular formula is C11H11ClN4. The molecule has 2 rings (SSSR count). The molecule has 0 aliphatic carbocycles. The van der Waals surface area contributed by atoms with Gasteiger partial charge in [0.1, 0.15) is 17.3 Å². The molecule has 0 amide bonds. The van der Waals surface area contributed by atoms with Crippen molar-refractivity contribution in [3.8, 4) is 0 Å². The van der Waals surface area contributed by atoms with E-state index in [-0.39, 0.29) is 6.04 Å². The van der Waals surface area contributed by atoms with Gasteiger partial charge in [-0.1, -0.05) is 11.6 Å². The van der Waals surface area contributed by atoms with Crippen molar-refractivity contribution in [2.45, 2.75) is 13.0 Å². The molecule has 1 N–H and O–H groups in total. The molecule has 16 heavy (non-hydrogen) atoms. The minimum Gasteiger partial charge on any atom is -0.363 e. The Balaban J connectivity index is 2.11. The van der Waals surface area contributed by atoms with Gasteiger partial charge in [-0.05, 0) is 24.6 Å². The largest absolute Gasteiger partial charge is 0.363 e. The molecule has 2 aromatic heterocycles. The molecule has 2 heterocycles. The number of nitrogens with one attached hydrogen (secondary N) is 1. The average Bonchev–Trinajstić information content (AvgIpc) is 2.30.